The van der Waals surface area contributed by atoms with Gasteiger partial charge in [-0.15, -0.1) is 0 Å². The molecule has 8 heteroatoms. The van der Waals surface area contributed by atoms with Gasteiger partial charge in [-0.1, -0.05) is 29.8 Å². The van der Waals surface area contributed by atoms with Crippen LogP contribution in [-0.2, 0) is 17.5 Å². The predicted octanol–water partition coefficient (Wildman–Crippen LogP) is 3.48. The summed E-state index contributed by atoms with van der Waals surface area (Å²) in [5.41, 5.74) is 1.73. The molecule has 1 fully saturated rings. The van der Waals surface area contributed by atoms with E-state index < -0.39 is 11.7 Å². The van der Waals surface area contributed by atoms with E-state index in [9.17, 15) is 22.8 Å². The first-order valence-corrected chi connectivity index (χ1v) is 10.2. The van der Waals surface area contributed by atoms with Gasteiger partial charge in [0, 0.05) is 51.3 Å². The third-order valence-electron chi connectivity index (χ3n) is 5.32. The predicted molar refractivity (Wildman–Crippen MR) is 111 cm³/mol. The Hall–Kier alpha value is -2.87. The van der Waals surface area contributed by atoms with E-state index in [4.69, 9.17) is 0 Å². The molecule has 0 spiro atoms. The number of aryl methyl sites for hydroxylation is 1. The van der Waals surface area contributed by atoms with Gasteiger partial charge in [0.1, 0.15) is 0 Å². The topological polar surface area (TPSA) is 52.7 Å². The van der Waals surface area contributed by atoms with Gasteiger partial charge in [0.2, 0.25) is 5.91 Å². The molecule has 0 bridgehead atoms. The van der Waals surface area contributed by atoms with Gasteiger partial charge in [-0.2, -0.15) is 13.2 Å². The van der Waals surface area contributed by atoms with Gasteiger partial charge in [0.25, 0.3) is 5.91 Å². The smallest absolute Gasteiger partial charge is 0.352 e. The van der Waals surface area contributed by atoms with Gasteiger partial charge in [-0.3, -0.25) is 14.5 Å². The van der Waals surface area contributed by atoms with Crippen molar-refractivity contribution >= 4 is 11.8 Å². The SMILES string of the molecule is Cc1cccc(C(=O)NCCC(=O)N2CCN(Cc3ccc(C(F)(F)F)cc3)CC2)c1. The number of nitrogens with one attached hydrogen (secondary N) is 1. The van der Waals surface area contributed by atoms with Crippen LogP contribution < -0.4 is 5.32 Å². The second kappa shape index (κ2) is 9.96. The van der Waals surface area contributed by atoms with E-state index in [1.54, 1.807) is 17.0 Å². The lowest BCUT2D eigenvalue weighted by molar-refractivity contribution is -0.137. The lowest BCUT2D eigenvalue weighted by Crippen LogP contribution is -2.48. The maximum Gasteiger partial charge on any atom is 0.416 e. The first kappa shape index (κ1) is 22.8. The molecule has 2 aromatic carbocycles. The molecule has 2 aromatic rings. The molecule has 1 aliphatic heterocycles. The molecule has 1 heterocycles. The van der Waals surface area contributed by atoms with E-state index >= 15 is 0 Å². The van der Waals surface area contributed by atoms with Crippen LogP contribution >= 0.6 is 0 Å². The minimum absolute atomic E-state index is 0.0151. The van der Waals surface area contributed by atoms with E-state index in [1.807, 2.05) is 19.1 Å². The number of nitrogens with zero attached hydrogens (tertiary/aromatic N) is 2. The number of piperazine rings is 1. The third kappa shape index (κ3) is 6.55. The van der Waals surface area contributed by atoms with E-state index in [0.717, 1.165) is 23.3 Å². The van der Waals surface area contributed by atoms with Crippen molar-refractivity contribution in [1.29, 1.82) is 0 Å². The molecule has 0 aliphatic carbocycles. The highest BCUT2D eigenvalue weighted by Crippen LogP contribution is 2.29. The van der Waals surface area contributed by atoms with Crippen LogP contribution in [0.15, 0.2) is 48.5 Å². The normalized spacial score (nSPS) is 15.0. The lowest BCUT2D eigenvalue weighted by Gasteiger charge is -2.35. The molecular formula is C23H26F3N3O2. The fourth-order valence-corrected chi connectivity index (χ4v) is 3.54. The Bertz CT molecular complexity index is 905. The monoisotopic (exact) mass is 433 g/mol. The maximum atomic E-state index is 12.7. The maximum absolute atomic E-state index is 12.7. The Kier molecular flexibility index (Phi) is 7.33. The summed E-state index contributed by atoms with van der Waals surface area (Å²) in [6.45, 7) is 5.17. The lowest BCUT2D eigenvalue weighted by atomic mass is 10.1. The number of carbonyl (C=O) groups is 2. The van der Waals surface area contributed by atoms with Gasteiger partial charge >= 0.3 is 6.18 Å². The van der Waals surface area contributed by atoms with Crippen molar-refractivity contribution in [3.63, 3.8) is 0 Å². The molecule has 166 valence electrons. The van der Waals surface area contributed by atoms with Crippen LogP contribution in [0, 0.1) is 6.92 Å². The number of benzene rings is 2. The molecule has 1 N–H and O–H groups in total. The zero-order chi connectivity index (χ0) is 22.4. The zero-order valence-electron chi connectivity index (χ0n) is 17.4. The molecular weight excluding hydrogens is 407 g/mol. The fourth-order valence-electron chi connectivity index (χ4n) is 3.54. The Morgan fingerprint density at radius 1 is 1.00 bits per heavy atom. The summed E-state index contributed by atoms with van der Waals surface area (Å²) < 4.78 is 38.0. The van der Waals surface area contributed by atoms with Crippen molar-refractivity contribution in [2.24, 2.45) is 0 Å². The molecule has 1 aliphatic rings. The Balaban J connectivity index is 1.39. The van der Waals surface area contributed by atoms with Gasteiger partial charge in [0.15, 0.2) is 0 Å². The number of amides is 2. The Morgan fingerprint density at radius 3 is 2.29 bits per heavy atom. The van der Waals surface area contributed by atoms with Crippen LogP contribution in [0.3, 0.4) is 0 Å². The summed E-state index contributed by atoms with van der Waals surface area (Å²) in [4.78, 5) is 28.4. The molecule has 5 nitrogen and oxygen atoms in total. The number of halogens is 3. The number of rotatable bonds is 6. The number of alkyl halides is 3. The molecule has 0 saturated carbocycles. The van der Waals surface area contributed by atoms with E-state index in [0.29, 0.717) is 38.3 Å². The van der Waals surface area contributed by atoms with Crippen LogP contribution in [0.4, 0.5) is 13.2 Å². The summed E-state index contributed by atoms with van der Waals surface area (Å²) in [7, 11) is 0. The van der Waals surface area contributed by atoms with Gasteiger partial charge in [-0.05, 0) is 36.8 Å². The highest BCUT2D eigenvalue weighted by molar-refractivity contribution is 5.94. The molecule has 0 aromatic heterocycles. The van der Waals surface area contributed by atoms with Crippen LogP contribution in [0.1, 0.15) is 33.5 Å². The van der Waals surface area contributed by atoms with Crippen molar-refractivity contribution < 1.29 is 22.8 Å². The summed E-state index contributed by atoms with van der Waals surface area (Å²) in [5, 5.41) is 2.78. The van der Waals surface area contributed by atoms with Crippen LogP contribution in [-0.4, -0.2) is 54.3 Å². The third-order valence-corrected chi connectivity index (χ3v) is 5.32. The molecule has 0 radical (unpaired) electrons. The molecule has 1 saturated heterocycles. The number of hydrogen-bond acceptors (Lipinski definition) is 3. The molecule has 0 atom stereocenters. The van der Waals surface area contributed by atoms with E-state index in [2.05, 4.69) is 10.2 Å². The van der Waals surface area contributed by atoms with Crippen molar-refractivity contribution in [2.45, 2.75) is 26.1 Å². The van der Waals surface area contributed by atoms with E-state index in [-0.39, 0.29) is 24.8 Å². The fraction of sp³-hybridized carbons (Fsp3) is 0.391. The van der Waals surface area contributed by atoms with E-state index in [1.165, 1.54) is 12.1 Å². The van der Waals surface area contributed by atoms with Gasteiger partial charge < -0.3 is 10.2 Å². The van der Waals surface area contributed by atoms with Gasteiger partial charge in [0.05, 0.1) is 5.56 Å². The Morgan fingerprint density at radius 2 is 1.68 bits per heavy atom. The average molecular weight is 433 g/mol. The summed E-state index contributed by atoms with van der Waals surface area (Å²) in [5.74, 6) is -0.211. The van der Waals surface area contributed by atoms with Crippen LogP contribution in [0.5, 0.6) is 0 Å². The average Bonchev–Trinajstić information content (AvgIpc) is 2.74. The largest absolute Gasteiger partial charge is 0.416 e. The first-order chi connectivity index (χ1) is 14.7. The summed E-state index contributed by atoms with van der Waals surface area (Å²) >= 11 is 0. The van der Waals surface area contributed by atoms with Crippen molar-refractivity contribution in [3.05, 3.63) is 70.8 Å². The minimum Gasteiger partial charge on any atom is -0.352 e. The van der Waals surface area contributed by atoms with Crippen molar-refractivity contribution in [2.75, 3.05) is 32.7 Å². The van der Waals surface area contributed by atoms with Crippen molar-refractivity contribution in [3.8, 4) is 0 Å². The molecule has 2 amide bonds. The standard InChI is InChI=1S/C23H26F3N3O2/c1-17-3-2-4-19(15-17)22(31)27-10-9-21(30)29-13-11-28(12-14-29)16-18-5-7-20(8-6-18)23(24,25)26/h2-8,15H,9-14,16H2,1H3,(H,27,31). The minimum atomic E-state index is -4.33. The van der Waals surface area contributed by atoms with Crippen LogP contribution in [0.2, 0.25) is 0 Å². The quantitative estimate of drug-likeness (QED) is 0.759. The summed E-state index contributed by atoms with van der Waals surface area (Å²) in [6, 6.07) is 12.5. The van der Waals surface area contributed by atoms with Crippen LogP contribution in [0.25, 0.3) is 0 Å². The first-order valence-electron chi connectivity index (χ1n) is 10.2. The highest BCUT2D eigenvalue weighted by Gasteiger charge is 2.30. The molecule has 0 unspecified atom stereocenters. The van der Waals surface area contributed by atoms with Crippen molar-refractivity contribution in [1.82, 2.24) is 15.1 Å². The second-order valence-corrected chi connectivity index (χ2v) is 7.73. The number of carbonyl (C=O) groups excluding carboxylic acids is 2. The summed E-state index contributed by atoms with van der Waals surface area (Å²) in [6.07, 6.45) is -4.10. The second-order valence-electron chi connectivity index (χ2n) is 7.73. The zero-order valence-corrected chi connectivity index (χ0v) is 17.4. The van der Waals surface area contributed by atoms with Gasteiger partial charge in [-0.25, -0.2) is 0 Å². The molecule has 3 rings (SSSR count). The Labute approximate surface area is 179 Å². The molecule has 31 heavy (non-hydrogen) atoms. The number of hydrogen-bond donors (Lipinski definition) is 1. The highest BCUT2D eigenvalue weighted by atomic mass is 19.4.